The number of rotatable bonds is 6. The Morgan fingerprint density at radius 3 is 1.87 bits per heavy atom. The smallest absolute Gasteiger partial charge is 0.253 e. The summed E-state index contributed by atoms with van der Waals surface area (Å²) in [6.45, 7) is 8.28. The molecule has 30 heavy (non-hydrogen) atoms. The zero-order valence-corrected chi connectivity index (χ0v) is 18.1. The Balaban J connectivity index is 1.47. The van der Waals surface area contributed by atoms with Gasteiger partial charge in [-0.15, -0.1) is 0 Å². The second-order valence-electron chi connectivity index (χ2n) is 8.24. The van der Waals surface area contributed by atoms with Gasteiger partial charge >= 0.3 is 0 Å². The predicted molar refractivity (Wildman–Crippen MR) is 118 cm³/mol. The van der Waals surface area contributed by atoms with Crippen molar-refractivity contribution < 1.29 is 14.4 Å². The summed E-state index contributed by atoms with van der Waals surface area (Å²) < 4.78 is 0. The van der Waals surface area contributed by atoms with E-state index in [1.165, 1.54) is 5.56 Å². The zero-order chi connectivity index (χ0) is 21.7. The Bertz CT molecular complexity index is 893. The van der Waals surface area contributed by atoms with E-state index in [4.69, 9.17) is 0 Å². The minimum Gasteiger partial charge on any atom is -0.339 e. The lowest BCUT2D eigenvalue weighted by atomic mass is 10.0. The van der Waals surface area contributed by atoms with Crippen LogP contribution in [-0.4, -0.2) is 53.6 Å². The van der Waals surface area contributed by atoms with E-state index in [1.807, 2.05) is 43.3 Å². The summed E-state index contributed by atoms with van der Waals surface area (Å²) in [7, 11) is 0. The summed E-state index contributed by atoms with van der Waals surface area (Å²) in [4.78, 5) is 41.1. The second-order valence-corrected chi connectivity index (χ2v) is 8.24. The van der Waals surface area contributed by atoms with Crippen LogP contribution in [0.5, 0.6) is 0 Å². The fraction of sp³-hybridized carbons (Fsp3) is 0.400. The van der Waals surface area contributed by atoms with Crippen molar-refractivity contribution in [1.29, 1.82) is 0 Å². The Morgan fingerprint density at radius 2 is 1.30 bits per heavy atom. The number of aryl methyl sites for hydroxylation is 1. The number of hydrogen-bond donors (Lipinski definition) is 0. The summed E-state index contributed by atoms with van der Waals surface area (Å²) in [6, 6.07) is 15.2. The molecule has 1 aliphatic rings. The Kier molecular flexibility index (Phi) is 7.03. The van der Waals surface area contributed by atoms with Gasteiger partial charge in [0, 0.05) is 50.1 Å². The van der Waals surface area contributed by atoms with Crippen molar-refractivity contribution in [3.8, 4) is 0 Å². The molecule has 1 heterocycles. The first-order valence-corrected chi connectivity index (χ1v) is 10.6. The standard InChI is InChI=1S/C25H30N2O3/c1-18(2)20-8-10-22(11-9-20)25(30)27-16-14-26(15-17-27)24(29)13-12-23(28)21-6-4-19(3)5-7-21/h4-11,18H,12-17H2,1-3H3. The lowest BCUT2D eigenvalue weighted by Gasteiger charge is -2.35. The molecule has 5 nitrogen and oxygen atoms in total. The van der Waals surface area contributed by atoms with Crippen LogP contribution in [0, 0.1) is 6.92 Å². The molecule has 0 N–H and O–H groups in total. The molecule has 0 atom stereocenters. The Labute approximate surface area is 178 Å². The van der Waals surface area contributed by atoms with Gasteiger partial charge in [0.25, 0.3) is 5.91 Å². The highest BCUT2D eigenvalue weighted by Gasteiger charge is 2.25. The normalized spacial score (nSPS) is 14.1. The highest BCUT2D eigenvalue weighted by Crippen LogP contribution is 2.17. The molecule has 1 fully saturated rings. The topological polar surface area (TPSA) is 57.7 Å². The fourth-order valence-corrected chi connectivity index (χ4v) is 3.61. The molecular formula is C25H30N2O3. The van der Waals surface area contributed by atoms with Crippen molar-refractivity contribution in [3.05, 3.63) is 70.8 Å². The van der Waals surface area contributed by atoms with Crippen molar-refractivity contribution in [2.24, 2.45) is 0 Å². The molecule has 2 aromatic carbocycles. The largest absolute Gasteiger partial charge is 0.339 e. The molecule has 158 valence electrons. The first-order valence-electron chi connectivity index (χ1n) is 10.6. The van der Waals surface area contributed by atoms with E-state index in [1.54, 1.807) is 21.9 Å². The number of carbonyl (C=O) groups excluding carboxylic acids is 3. The molecule has 1 saturated heterocycles. The molecule has 5 heteroatoms. The molecule has 0 aromatic heterocycles. The molecule has 2 amide bonds. The minimum atomic E-state index is -0.0242. The van der Waals surface area contributed by atoms with Crippen LogP contribution < -0.4 is 0 Å². The zero-order valence-electron chi connectivity index (χ0n) is 18.1. The molecule has 0 radical (unpaired) electrons. The van der Waals surface area contributed by atoms with Gasteiger partial charge in [0.2, 0.25) is 5.91 Å². The summed E-state index contributed by atoms with van der Waals surface area (Å²) in [6.07, 6.45) is 0.417. The number of amides is 2. The van der Waals surface area contributed by atoms with Crippen LogP contribution >= 0.6 is 0 Å². The molecule has 0 bridgehead atoms. The van der Waals surface area contributed by atoms with Gasteiger partial charge in [-0.25, -0.2) is 0 Å². The maximum absolute atomic E-state index is 12.7. The monoisotopic (exact) mass is 406 g/mol. The molecule has 0 aliphatic carbocycles. The third-order valence-corrected chi connectivity index (χ3v) is 5.68. The average Bonchev–Trinajstić information content (AvgIpc) is 2.77. The van der Waals surface area contributed by atoms with Crippen LogP contribution in [0.15, 0.2) is 48.5 Å². The van der Waals surface area contributed by atoms with E-state index < -0.39 is 0 Å². The van der Waals surface area contributed by atoms with Gasteiger partial charge in [-0.3, -0.25) is 14.4 Å². The van der Waals surface area contributed by atoms with E-state index in [-0.39, 0.29) is 30.4 Å². The molecule has 0 spiro atoms. The van der Waals surface area contributed by atoms with Crippen molar-refractivity contribution in [1.82, 2.24) is 9.80 Å². The van der Waals surface area contributed by atoms with Crippen molar-refractivity contribution in [2.45, 2.75) is 39.5 Å². The number of hydrogen-bond acceptors (Lipinski definition) is 3. The number of Topliss-reactive ketones (excluding diaryl/α,β-unsaturated/α-hetero) is 1. The van der Waals surface area contributed by atoms with E-state index in [2.05, 4.69) is 13.8 Å². The average molecular weight is 407 g/mol. The first kappa shape index (κ1) is 21.8. The number of piperazine rings is 1. The van der Waals surface area contributed by atoms with E-state index in [0.717, 1.165) is 5.56 Å². The third kappa shape index (κ3) is 5.35. The van der Waals surface area contributed by atoms with E-state index in [9.17, 15) is 14.4 Å². The lowest BCUT2D eigenvalue weighted by Crippen LogP contribution is -2.50. The quantitative estimate of drug-likeness (QED) is 0.680. The van der Waals surface area contributed by atoms with Gasteiger partial charge in [0.1, 0.15) is 0 Å². The predicted octanol–water partition coefficient (Wildman–Crippen LogP) is 4.07. The van der Waals surface area contributed by atoms with E-state index in [0.29, 0.717) is 43.2 Å². The fourth-order valence-electron chi connectivity index (χ4n) is 3.61. The highest BCUT2D eigenvalue weighted by atomic mass is 16.2. The summed E-state index contributed by atoms with van der Waals surface area (Å²) in [5.41, 5.74) is 3.64. The molecule has 0 unspecified atom stereocenters. The van der Waals surface area contributed by atoms with Crippen LogP contribution in [0.2, 0.25) is 0 Å². The van der Waals surface area contributed by atoms with Crippen LogP contribution in [0.4, 0.5) is 0 Å². The van der Waals surface area contributed by atoms with Gasteiger partial charge in [0.05, 0.1) is 0 Å². The van der Waals surface area contributed by atoms with Gasteiger partial charge in [-0.05, 0) is 30.5 Å². The first-order chi connectivity index (χ1) is 14.3. The molecule has 0 saturated carbocycles. The molecule has 2 aromatic rings. The van der Waals surface area contributed by atoms with Crippen molar-refractivity contribution in [2.75, 3.05) is 26.2 Å². The Hall–Kier alpha value is -2.95. The van der Waals surface area contributed by atoms with Crippen LogP contribution in [-0.2, 0) is 4.79 Å². The van der Waals surface area contributed by atoms with Crippen LogP contribution in [0.25, 0.3) is 0 Å². The van der Waals surface area contributed by atoms with E-state index >= 15 is 0 Å². The molecular weight excluding hydrogens is 376 g/mol. The lowest BCUT2D eigenvalue weighted by molar-refractivity contribution is -0.132. The number of ketones is 1. The maximum atomic E-state index is 12.7. The van der Waals surface area contributed by atoms with Crippen molar-refractivity contribution >= 4 is 17.6 Å². The van der Waals surface area contributed by atoms with Gasteiger partial charge < -0.3 is 9.80 Å². The van der Waals surface area contributed by atoms with Gasteiger partial charge in [0.15, 0.2) is 5.78 Å². The number of nitrogens with zero attached hydrogens (tertiary/aromatic N) is 2. The second kappa shape index (κ2) is 9.70. The summed E-state index contributed by atoms with van der Waals surface area (Å²) in [5.74, 6) is 0.402. The highest BCUT2D eigenvalue weighted by molar-refractivity contribution is 5.98. The molecule has 1 aliphatic heterocycles. The minimum absolute atomic E-state index is 0.00644. The maximum Gasteiger partial charge on any atom is 0.253 e. The van der Waals surface area contributed by atoms with Crippen LogP contribution in [0.3, 0.4) is 0 Å². The molecule has 3 rings (SSSR count). The van der Waals surface area contributed by atoms with Crippen molar-refractivity contribution in [3.63, 3.8) is 0 Å². The summed E-state index contributed by atoms with van der Waals surface area (Å²) in [5, 5.41) is 0. The SMILES string of the molecule is Cc1ccc(C(=O)CCC(=O)N2CCN(C(=O)c3ccc(C(C)C)cc3)CC2)cc1. The van der Waals surface area contributed by atoms with Crippen LogP contribution in [0.1, 0.15) is 64.4 Å². The van der Waals surface area contributed by atoms with Gasteiger partial charge in [-0.1, -0.05) is 55.8 Å². The number of benzene rings is 2. The van der Waals surface area contributed by atoms with Gasteiger partial charge in [-0.2, -0.15) is 0 Å². The summed E-state index contributed by atoms with van der Waals surface area (Å²) >= 11 is 0. The Morgan fingerprint density at radius 1 is 0.767 bits per heavy atom. The number of carbonyl (C=O) groups is 3. The third-order valence-electron chi connectivity index (χ3n) is 5.68.